The molecule has 0 aliphatic carbocycles. The zero-order chi connectivity index (χ0) is 19.4. The molecule has 7 nitrogen and oxygen atoms in total. The van der Waals surface area contributed by atoms with Crippen LogP contribution in [0.1, 0.15) is 18.3 Å². The third-order valence-corrected chi connectivity index (χ3v) is 4.65. The molecule has 1 N–H and O–H groups in total. The normalized spacial score (nSPS) is 14.2. The molecule has 1 aromatic heterocycles. The maximum atomic E-state index is 11.9. The number of carbonyl (C=O) groups excluding carboxylic acids is 1. The predicted molar refractivity (Wildman–Crippen MR) is 107 cm³/mol. The second kappa shape index (κ2) is 8.43. The number of carbonyl (C=O) groups is 1. The summed E-state index contributed by atoms with van der Waals surface area (Å²) in [5.41, 5.74) is 2.00. The van der Waals surface area contributed by atoms with Crippen LogP contribution in [0, 0.1) is 13.8 Å². The van der Waals surface area contributed by atoms with E-state index < -0.39 is 0 Å². The second-order valence-electron chi connectivity index (χ2n) is 6.42. The van der Waals surface area contributed by atoms with Crippen LogP contribution in [0.15, 0.2) is 24.3 Å². The molecule has 0 atom stereocenters. The van der Waals surface area contributed by atoms with E-state index in [1.54, 1.807) is 4.90 Å². The number of nitrogens with one attached hydrogen (secondary N) is 1. The summed E-state index contributed by atoms with van der Waals surface area (Å²) < 4.78 is 5.07. The van der Waals surface area contributed by atoms with Gasteiger partial charge in [0.2, 0.25) is 0 Å². The number of amides is 1. The van der Waals surface area contributed by atoms with Gasteiger partial charge in [-0.2, -0.15) is 0 Å². The number of piperazine rings is 1. The van der Waals surface area contributed by atoms with Crippen molar-refractivity contribution < 1.29 is 9.53 Å². The Kier molecular flexibility index (Phi) is 6.01. The van der Waals surface area contributed by atoms with Crippen LogP contribution in [-0.4, -0.2) is 53.7 Å². The lowest BCUT2D eigenvalue weighted by Gasteiger charge is -2.34. The summed E-state index contributed by atoms with van der Waals surface area (Å²) in [5, 5.41) is 4.00. The van der Waals surface area contributed by atoms with Gasteiger partial charge >= 0.3 is 6.09 Å². The monoisotopic (exact) mass is 389 g/mol. The van der Waals surface area contributed by atoms with Crippen LogP contribution in [-0.2, 0) is 4.74 Å². The summed E-state index contributed by atoms with van der Waals surface area (Å²) in [7, 11) is 0. The van der Waals surface area contributed by atoms with Gasteiger partial charge in [0.1, 0.15) is 17.5 Å². The van der Waals surface area contributed by atoms with Gasteiger partial charge in [0.15, 0.2) is 0 Å². The molecule has 144 valence electrons. The average Bonchev–Trinajstić information content (AvgIpc) is 2.64. The lowest BCUT2D eigenvalue weighted by Crippen LogP contribution is -2.49. The summed E-state index contributed by atoms with van der Waals surface area (Å²) in [4.78, 5) is 24.8. The van der Waals surface area contributed by atoms with Gasteiger partial charge in [-0.25, -0.2) is 14.8 Å². The molecule has 1 aromatic carbocycles. The smallest absolute Gasteiger partial charge is 0.409 e. The number of benzene rings is 1. The predicted octanol–water partition coefficient (Wildman–Crippen LogP) is 3.77. The Hall–Kier alpha value is -2.54. The standard InChI is InChI=1S/C19H24ClN5O2/c1-4-27-19(26)25-9-7-24(8-10-25)18-12-17(21-14(3)22-18)23-16-11-15(20)6-5-13(16)2/h5-6,11-12H,4,7-10H2,1-3H3,(H,21,22,23). The van der Waals surface area contributed by atoms with E-state index in [2.05, 4.69) is 20.2 Å². The Morgan fingerprint density at radius 1 is 1.19 bits per heavy atom. The molecule has 1 saturated heterocycles. The van der Waals surface area contributed by atoms with Crippen molar-refractivity contribution in [3.8, 4) is 0 Å². The molecule has 1 aliphatic heterocycles. The van der Waals surface area contributed by atoms with Gasteiger partial charge in [-0.1, -0.05) is 17.7 Å². The van der Waals surface area contributed by atoms with Crippen molar-refractivity contribution >= 4 is 35.0 Å². The molecule has 8 heteroatoms. The fourth-order valence-corrected chi connectivity index (χ4v) is 3.15. The van der Waals surface area contributed by atoms with Crippen molar-refractivity contribution in [1.82, 2.24) is 14.9 Å². The summed E-state index contributed by atoms with van der Waals surface area (Å²) in [6, 6.07) is 7.63. The second-order valence-corrected chi connectivity index (χ2v) is 6.85. The third-order valence-electron chi connectivity index (χ3n) is 4.42. The number of halogens is 1. The first kappa shape index (κ1) is 19.2. The topological polar surface area (TPSA) is 70.6 Å². The van der Waals surface area contributed by atoms with Crippen molar-refractivity contribution in [3.63, 3.8) is 0 Å². The van der Waals surface area contributed by atoms with E-state index in [0.29, 0.717) is 43.6 Å². The first-order valence-electron chi connectivity index (χ1n) is 9.01. The lowest BCUT2D eigenvalue weighted by molar-refractivity contribution is 0.105. The summed E-state index contributed by atoms with van der Waals surface area (Å²) in [5.74, 6) is 2.24. The van der Waals surface area contributed by atoms with Crippen LogP contribution in [0.5, 0.6) is 0 Å². The maximum Gasteiger partial charge on any atom is 0.409 e. The number of hydrogen-bond donors (Lipinski definition) is 1. The molecule has 27 heavy (non-hydrogen) atoms. The molecule has 0 radical (unpaired) electrons. The minimum atomic E-state index is -0.255. The van der Waals surface area contributed by atoms with Crippen LogP contribution < -0.4 is 10.2 Å². The van der Waals surface area contributed by atoms with E-state index in [1.165, 1.54) is 0 Å². The molecule has 1 aliphatic rings. The van der Waals surface area contributed by atoms with Crippen molar-refractivity contribution in [2.45, 2.75) is 20.8 Å². The van der Waals surface area contributed by atoms with Gasteiger partial charge in [-0.15, -0.1) is 0 Å². The highest BCUT2D eigenvalue weighted by Gasteiger charge is 2.23. The number of ether oxygens (including phenoxy) is 1. The molecule has 2 heterocycles. The maximum absolute atomic E-state index is 11.9. The highest BCUT2D eigenvalue weighted by Crippen LogP contribution is 2.25. The van der Waals surface area contributed by atoms with Crippen LogP contribution in [0.3, 0.4) is 0 Å². The van der Waals surface area contributed by atoms with E-state index in [9.17, 15) is 4.79 Å². The zero-order valence-electron chi connectivity index (χ0n) is 15.8. The third kappa shape index (κ3) is 4.80. The minimum Gasteiger partial charge on any atom is -0.450 e. The Morgan fingerprint density at radius 2 is 1.93 bits per heavy atom. The van der Waals surface area contributed by atoms with Gasteiger partial charge in [-0.3, -0.25) is 0 Å². The summed E-state index contributed by atoms with van der Waals surface area (Å²) in [6.07, 6.45) is -0.255. The Labute approximate surface area is 164 Å². The van der Waals surface area contributed by atoms with E-state index in [-0.39, 0.29) is 6.09 Å². The van der Waals surface area contributed by atoms with E-state index >= 15 is 0 Å². The Balaban J connectivity index is 1.72. The zero-order valence-corrected chi connectivity index (χ0v) is 16.6. The molecule has 0 unspecified atom stereocenters. The lowest BCUT2D eigenvalue weighted by atomic mass is 10.2. The van der Waals surface area contributed by atoms with Crippen LogP contribution in [0.25, 0.3) is 0 Å². The van der Waals surface area contributed by atoms with Crippen LogP contribution in [0.2, 0.25) is 5.02 Å². The van der Waals surface area contributed by atoms with E-state index in [4.69, 9.17) is 16.3 Å². The summed E-state index contributed by atoms with van der Waals surface area (Å²) >= 11 is 6.11. The van der Waals surface area contributed by atoms with Crippen LogP contribution in [0.4, 0.5) is 22.1 Å². The molecule has 0 bridgehead atoms. The van der Waals surface area contributed by atoms with Gasteiger partial charge in [-0.05, 0) is 38.5 Å². The van der Waals surface area contributed by atoms with Crippen LogP contribution >= 0.6 is 11.6 Å². The molecule has 2 aromatic rings. The Morgan fingerprint density at radius 3 is 2.63 bits per heavy atom. The molecule has 1 fully saturated rings. The number of rotatable bonds is 4. The van der Waals surface area contributed by atoms with E-state index in [1.807, 2.05) is 45.0 Å². The van der Waals surface area contributed by atoms with E-state index in [0.717, 1.165) is 22.9 Å². The van der Waals surface area contributed by atoms with Gasteiger partial charge in [0.05, 0.1) is 6.61 Å². The Bertz CT molecular complexity index is 822. The molecule has 0 spiro atoms. The highest BCUT2D eigenvalue weighted by molar-refractivity contribution is 6.30. The molecule has 0 saturated carbocycles. The SMILES string of the molecule is CCOC(=O)N1CCN(c2cc(Nc3cc(Cl)ccc3C)nc(C)n2)CC1. The quantitative estimate of drug-likeness (QED) is 0.858. The van der Waals surface area contributed by atoms with Crippen molar-refractivity contribution in [2.75, 3.05) is 43.0 Å². The summed E-state index contributed by atoms with van der Waals surface area (Å²) in [6.45, 7) is 8.71. The molecular weight excluding hydrogens is 366 g/mol. The fourth-order valence-electron chi connectivity index (χ4n) is 2.98. The number of hydrogen-bond acceptors (Lipinski definition) is 6. The largest absolute Gasteiger partial charge is 0.450 e. The number of anilines is 3. The molecule has 1 amide bonds. The highest BCUT2D eigenvalue weighted by atomic mass is 35.5. The number of nitrogens with zero attached hydrogens (tertiary/aromatic N) is 4. The van der Waals surface area contributed by atoms with Gasteiger partial charge in [0, 0.05) is 43.0 Å². The first-order valence-corrected chi connectivity index (χ1v) is 9.39. The van der Waals surface area contributed by atoms with Crippen molar-refractivity contribution in [1.29, 1.82) is 0 Å². The minimum absolute atomic E-state index is 0.255. The van der Waals surface area contributed by atoms with Crippen molar-refractivity contribution in [2.24, 2.45) is 0 Å². The fraction of sp³-hybridized carbons (Fsp3) is 0.421. The number of aromatic nitrogens is 2. The first-order chi connectivity index (χ1) is 13.0. The average molecular weight is 390 g/mol. The van der Waals surface area contributed by atoms with Gasteiger partial charge in [0.25, 0.3) is 0 Å². The van der Waals surface area contributed by atoms with Crippen molar-refractivity contribution in [3.05, 3.63) is 40.7 Å². The van der Waals surface area contributed by atoms with Gasteiger partial charge < -0.3 is 19.9 Å². The molecule has 3 rings (SSSR count). The molecular formula is C19H24ClN5O2. The number of aryl methyl sites for hydroxylation is 2.